The average Bonchev–Trinajstić information content (AvgIpc) is 2.88. The lowest BCUT2D eigenvalue weighted by Gasteiger charge is -2.11. The molecule has 0 saturated heterocycles. The highest BCUT2D eigenvalue weighted by atomic mass is 16.5. The van der Waals surface area contributed by atoms with Gasteiger partial charge in [0, 0.05) is 13.0 Å². The smallest absolute Gasteiger partial charge is 0.220 e. The van der Waals surface area contributed by atoms with Crippen LogP contribution in [0.3, 0.4) is 0 Å². The van der Waals surface area contributed by atoms with Gasteiger partial charge in [-0.3, -0.25) is 4.79 Å². The SMILES string of the molecule is O=C(CCCOc1ccccc1)NCC1CCC(O)C1. The van der Waals surface area contributed by atoms with E-state index in [4.69, 9.17) is 4.74 Å². The molecule has 2 atom stereocenters. The maximum atomic E-state index is 11.7. The number of carbonyl (C=O) groups is 1. The van der Waals surface area contributed by atoms with Crippen molar-refractivity contribution < 1.29 is 14.6 Å². The number of hydrogen-bond acceptors (Lipinski definition) is 3. The van der Waals surface area contributed by atoms with Crippen molar-refractivity contribution >= 4 is 5.91 Å². The number of aliphatic hydroxyl groups is 1. The van der Waals surface area contributed by atoms with Crippen LogP contribution in [0.5, 0.6) is 5.75 Å². The second-order valence-electron chi connectivity index (χ2n) is 5.40. The van der Waals surface area contributed by atoms with Crippen molar-refractivity contribution in [3.05, 3.63) is 30.3 Å². The molecule has 0 radical (unpaired) electrons. The highest BCUT2D eigenvalue weighted by Crippen LogP contribution is 2.24. The Morgan fingerprint density at radius 3 is 2.80 bits per heavy atom. The molecule has 1 aliphatic carbocycles. The summed E-state index contributed by atoms with van der Waals surface area (Å²) in [5, 5.41) is 12.4. The molecule has 1 aromatic rings. The first kappa shape index (κ1) is 14.9. The number of aliphatic hydroxyl groups excluding tert-OH is 1. The van der Waals surface area contributed by atoms with Crippen LogP contribution in [0.15, 0.2) is 30.3 Å². The van der Waals surface area contributed by atoms with Crippen molar-refractivity contribution in [2.24, 2.45) is 5.92 Å². The number of para-hydroxylation sites is 1. The number of rotatable bonds is 7. The fourth-order valence-corrected chi connectivity index (χ4v) is 2.52. The van der Waals surface area contributed by atoms with E-state index in [1.54, 1.807) is 0 Å². The summed E-state index contributed by atoms with van der Waals surface area (Å²) in [4.78, 5) is 11.7. The van der Waals surface area contributed by atoms with Gasteiger partial charge in [-0.15, -0.1) is 0 Å². The highest BCUT2D eigenvalue weighted by molar-refractivity contribution is 5.75. The number of amides is 1. The molecule has 0 bridgehead atoms. The number of carbonyl (C=O) groups excluding carboxylic acids is 1. The van der Waals surface area contributed by atoms with Crippen LogP contribution >= 0.6 is 0 Å². The van der Waals surface area contributed by atoms with E-state index in [1.807, 2.05) is 30.3 Å². The molecule has 4 heteroatoms. The molecule has 110 valence electrons. The maximum Gasteiger partial charge on any atom is 0.220 e. The molecule has 2 N–H and O–H groups in total. The van der Waals surface area contributed by atoms with E-state index in [1.165, 1.54) is 0 Å². The van der Waals surface area contributed by atoms with Crippen LogP contribution in [0.1, 0.15) is 32.1 Å². The van der Waals surface area contributed by atoms with E-state index >= 15 is 0 Å². The third kappa shape index (κ3) is 5.21. The van der Waals surface area contributed by atoms with Crippen molar-refractivity contribution in [1.82, 2.24) is 5.32 Å². The van der Waals surface area contributed by atoms with Crippen molar-refractivity contribution in [2.45, 2.75) is 38.2 Å². The Kier molecular flexibility index (Phi) is 5.87. The number of nitrogens with one attached hydrogen (secondary N) is 1. The standard InChI is InChI=1S/C16H23NO3/c18-14-9-8-13(11-14)12-17-16(19)7-4-10-20-15-5-2-1-3-6-15/h1-3,5-6,13-14,18H,4,7-12H2,(H,17,19). The molecule has 1 aliphatic rings. The molecule has 1 saturated carbocycles. The minimum atomic E-state index is -0.170. The molecule has 2 unspecified atom stereocenters. The molecular formula is C16H23NO3. The first-order valence-corrected chi connectivity index (χ1v) is 7.36. The Balaban J connectivity index is 1.52. The lowest BCUT2D eigenvalue weighted by Crippen LogP contribution is -2.28. The molecule has 0 aromatic heterocycles. The van der Waals surface area contributed by atoms with Crippen molar-refractivity contribution in [3.8, 4) is 5.75 Å². The second-order valence-corrected chi connectivity index (χ2v) is 5.40. The molecule has 20 heavy (non-hydrogen) atoms. The monoisotopic (exact) mass is 277 g/mol. The molecule has 4 nitrogen and oxygen atoms in total. The third-order valence-corrected chi connectivity index (χ3v) is 3.66. The Morgan fingerprint density at radius 2 is 2.10 bits per heavy atom. The van der Waals surface area contributed by atoms with E-state index in [0.717, 1.165) is 25.0 Å². The summed E-state index contributed by atoms with van der Waals surface area (Å²) in [5.74, 6) is 1.35. The zero-order valence-corrected chi connectivity index (χ0v) is 11.8. The quantitative estimate of drug-likeness (QED) is 0.751. The Bertz CT molecular complexity index is 407. The predicted octanol–water partition coefficient (Wildman–Crippen LogP) is 2.12. The largest absolute Gasteiger partial charge is 0.494 e. The van der Waals surface area contributed by atoms with Crippen LogP contribution in [0.25, 0.3) is 0 Å². The maximum absolute atomic E-state index is 11.7. The summed E-state index contributed by atoms with van der Waals surface area (Å²) in [5.41, 5.74) is 0. The van der Waals surface area contributed by atoms with Crippen LogP contribution in [0.2, 0.25) is 0 Å². The van der Waals surface area contributed by atoms with Gasteiger partial charge in [0.25, 0.3) is 0 Å². The van der Waals surface area contributed by atoms with Crippen LogP contribution in [-0.4, -0.2) is 30.3 Å². The minimum Gasteiger partial charge on any atom is -0.494 e. The Labute approximate surface area is 120 Å². The molecule has 0 aliphatic heterocycles. The molecule has 0 heterocycles. The summed E-state index contributed by atoms with van der Waals surface area (Å²) in [6.45, 7) is 1.25. The van der Waals surface area contributed by atoms with Gasteiger partial charge in [0.05, 0.1) is 12.7 Å². The Hall–Kier alpha value is -1.55. The fraction of sp³-hybridized carbons (Fsp3) is 0.562. The lowest BCUT2D eigenvalue weighted by molar-refractivity contribution is -0.121. The van der Waals surface area contributed by atoms with Crippen LogP contribution in [0, 0.1) is 5.92 Å². The number of benzene rings is 1. The molecular weight excluding hydrogens is 254 g/mol. The van der Waals surface area contributed by atoms with Crippen LogP contribution in [0.4, 0.5) is 0 Å². The topological polar surface area (TPSA) is 58.6 Å². The number of hydrogen-bond donors (Lipinski definition) is 2. The van der Waals surface area contributed by atoms with Crippen molar-refractivity contribution in [3.63, 3.8) is 0 Å². The molecule has 1 fully saturated rings. The van der Waals surface area contributed by atoms with Crippen LogP contribution < -0.4 is 10.1 Å². The zero-order valence-electron chi connectivity index (χ0n) is 11.8. The van der Waals surface area contributed by atoms with Crippen molar-refractivity contribution in [1.29, 1.82) is 0 Å². The van der Waals surface area contributed by atoms with E-state index in [2.05, 4.69) is 5.32 Å². The molecule has 2 rings (SSSR count). The van der Waals surface area contributed by atoms with Gasteiger partial charge in [-0.1, -0.05) is 18.2 Å². The van der Waals surface area contributed by atoms with Crippen LogP contribution in [-0.2, 0) is 4.79 Å². The van der Waals surface area contributed by atoms with E-state index in [-0.39, 0.29) is 12.0 Å². The summed E-state index contributed by atoms with van der Waals surface area (Å²) < 4.78 is 5.54. The molecule has 1 amide bonds. The first-order valence-electron chi connectivity index (χ1n) is 7.36. The highest BCUT2D eigenvalue weighted by Gasteiger charge is 2.22. The normalized spacial score (nSPS) is 21.6. The van der Waals surface area contributed by atoms with Gasteiger partial charge in [0.1, 0.15) is 5.75 Å². The zero-order chi connectivity index (χ0) is 14.2. The summed E-state index contributed by atoms with van der Waals surface area (Å²) >= 11 is 0. The van der Waals surface area contributed by atoms with E-state index < -0.39 is 0 Å². The van der Waals surface area contributed by atoms with Gasteiger partial charge in [-0.25, -0.2) is 0 Å². The minimum absolute atomic E-state index is 0.0723. The summed E-state index contributed by atoms with van der Waals surface area (Å²) in [6, 6.07) is 9.62. The number of ether oxygens (including phenoxy) is 1. The average molecular weight is 277 g/mol. The van der Waals surface area contributed by atoms with Crippen molar-refractivity contribution in [2.75, 3.05) is 13.2 Å². The fourth-order valence-electron chi connectivity index (χ4n) is 2.52. The second kappa shape index (κ2) is 7.90. The van der Waals surface area contributed by atoms with Gasteiger partial charge in [-0.05, 0) is 43.7 Å². The molecule has 0 spiro atoms. The Morgan fingerprint density at radius 1 is 1.30 bits per heavy atom. The van der Waals surface area contributed by atoms with E-state index in [0.29, 0.717) is 31.9 Å². The van der Waals surface area contributed by atoms with Gasteiger partial charge in [-0.2, -0.15) is 0 Å². The van der Waals surface area contributed by atoms with Gasteiger partial charge in [0.15, 0.2) is 0 Å². The van der Waals surface area contributed by atoms with E-state index in [9.17, 15) is 9.90 Å². The van der Waals surface area contributed by atoms with Gasteiger partial charge < -0.3 is 15.2 Å². The summed E-state index contributed by atoms with van der Waals surface area (Å²) in [6.07, 6.45) is 3.73. The van der Waals surface area contributed by atoms with Gasteiger partial charge in [0.2, 0.25) is 5.91 Å². The van der Waals surface area contributed by atoms with Gasteiger partial charge >= 0.3 is 0 Å². The lowest BCUT2D eigenvalue weighted by atomic mass is 10.1. The third-order valence-electron chi connectivity index (χ3n) is 3.66. The predicted molar refractivity (Wildman–Crippen MR) is 77.5 cm³/mol. The molecule has 1 aromatic carbocycles. The first-order chi connectivity index (χ1) is 9.74. The summed E-state index contributed by atoms with van der Waals surface area (Å²) in [7, 11) is 0.